The zero-order chi connectivity index (χ0) is 12.2. The third-order valence-electron chi connectivity index (χ3n) is 2.25. The van der Waals surface area contributed by atoms with E-state index in [-0.39, 0.29) is 5.41 Å². The van der Waals surface area contributed by atoms with Crippen LogP contribution >= 0.6 is 0 Å². The molecule has 1 aromatic carbocycles. The van der Waals surface area contributed by atoms with Gasteiger partial charge in [0.2, 0.25) is 0 Å². The van der Waals surface area contributed by atoms with Gasteiger partial charge in [-0.2, -0.15) is 0 Å². The predicted molar refractivity (Wildman–Crippen MR) is 71.2 cm³/mol. The molecule has 0 atom stereocenters. The van der Waals surface area contributed by atoms with Gasteiger partial charge in [0, 0.05) is 17.9 Å². The van der Waals surface area contributed by atoms with Crippen molar-refractivity contribution in [3.8, 4) is 0 Å². The molecule has 0 radical (unpaired) electrons. The summed E-state index contributed by atoms with van der Waals surface area (Å²) in [5, 5.41) is 3.31. The molecule has 0 spiro atoms. The number of anilines is 1. The number of rotatable bonds is 4. The Morgan fingerprint density at radius 1 is 1.25 bits per heavy atom. The third-order valence-corrected chi connectivity index (χ3v) is 2.25. The highest BCUT2D eigenvalue weighted by atomic mass is 14.9. The van der Waals surface area contributed by atoms with E-state index in [2.05, 4.69) is 32.7 Å². The molecular formula is C14H22N2. The Morgan fingerprint density at radius 3 is 2.25 bits per heavy atom. The minimum absolute atomic E-state index is 0.265. The van der Waals surface area contributed by atoms with E-state index in [0.29, 0.717) is 6.54 Å². The van der Waals surface area contributed by atoms with Crippen molar-refractivity contribution in [3.05, 3.63) is 42.1 Å². The standard InChI is InChI=1S/C14H22N2/c1-11(9-14(2,3)4)16-13-7-5-12(10-15)6-8-13/h5-8,16H,1,9-10,15H2,2-4H3. The van der Waals surface area contributed by atoms with Crippen LogP contribution in [0.5, 0.6) is 0 Å². The molecule has 0 aliphatic carbocycles. The quantitative estimate of drug-likeness (QED) is 0.811. The van der Waals surface area contributed by atoms with E-state index >= 15 is 0 Å². The van der Waals surface area contributed by atoms with E-state index in [1.54, 1.807) is 0 Å². The molecule has 0 saturated heterocycles. The Morgan fingerprint density at radius 2 is 1.81 bits per heavy atom. The van der Waals surface area contributed by atoms with Crippen LogP contribution in [0.4, 0.5) is 5.69 Å². The van der Waals surface area contributed by atoms with Gasteiger partial charge in [-0.05, 0) is 29.5 Å². The molecule has 0 unspecified atom stereocenters. The van der Waals surface area contributed by atoms with Crippen molar-refractivity contribution >= 4 is 5.69 Å². The van der Waals surface area contributed by atoms with Crippen molar-refractivity contribution in [1.82, 2.24) is 0 Å². The molecule has 88 valence electrons. The second kappa shape index (κ2) is 5.17. The molecule has 0 bridgehead atoms. The zero-order valence-corrected chi connectivity index (χ0v) is 10.5. The molecule has 1 rings (SSSR count). The maximum atomic E-state index is 5.55. The summed E-state index contributed by atoms with van der Waals surface area (Å²) in [6.07, 6.45) is 0.964. The summed E-state index contributed by atoms with van der Waals surface area (Å²) in [4.78, 5) is 0. The maximum Gasteiger partial charge on any atom is 0.0381 e. The maximum absolute atomic E-state index is 5.55. The highest BCUT2D eigenvalue weighted by Crippen LogP contribution is 2.24. The number of nitrogens with one attached hydrogen (secondary N) is 1. The topological polar surface area (TPSA) is 38.0 Å². The first kappa shape index (κ1) is 12.8. The molecule has 0 aromatic heterocycles. The number of hydrogen-bond donors (Lipinski definition) is 2. The largest absolute Gasteiger partial charge is 0.359 e. The Bertz CT molecular complexity index is 344. The second-order valence-corrected chi connectivity index (χ2v) is 5.37. The average molecular weight is 218 g/mol. The van der Waals surface area contributed by atoms with Crippen LogP contribution in [0.25, 0.3) is 0 Å². The predicted octanol–water partition coefficient (Wildman–Crippen LogP) is 3.51. The molecule has 0 aliphatic rings. The number of allylic oxidation sites excluding steroid dienone is 1. The molecule has 1 aromatic rings. The first-order valence-electron chi connectivity index (χ1n) is 5.64. The van der Waals surface area contributed by atoms with Crippen LogP contribution in [0, 0.1) is 5.41 Å². The molecule has 0 aliphatic heterocycles. The van der Waals surface area contributed by atoms with Crippen molar-refractivity contribution < 1.29 is 0 Å². The number of nitrogens with two attached hydrogens (primary N) is 1. The lowest BCUT2D eigenvalue weighted by Crippen LogP contribution is -2.10. The Kier molecular flexibility index (Phi) is 4.13. The van der Waals surface area contributed by atoms with Crippen molar-refractivity contribution in [2.75, 3.05) is 5.32 Å². The first-order chi connectivity index (χ1) is 7.40. The summed E-state index contributed by atoms with van der Waals surface area (Å²) in [5.74, 6) is 0. The third kappa shape index (κ3) is 4.49. The fourth-order valence-electron chi connectivity index (χ4n) is 1.61. The van der Waals surface area contributed by atoms with E-state index in [1.165, 1.54) is 0 Å². The number of hydrogen-bond acceptors (Lipinski definition) is 2. The van der Waals surface area contributed by atoms with Crippen LogP contribution in [-0.2, 0) is 6.54 Å². The Balaban J connectivity index is 2.56. The van der Waals surface area contributed by atoms with Gasteiger partial charge in [-0.15, -0.1) is 0 Å². The molecule has 3 N–H and O–H groups in total. The van der Waals surface area contributed by atoms with Crippen LogP contribution in [0.15, 0.2) is 36.5 Å². The van der Waals surface area contributed by atoms with Crippen LogP contribution in [0.1, 0.15) is 32.8 Å². The minimum atomic E-state index is 0.265. The lowest BCUT2D eigenvalue weighted by atomic mass is 9.91. The van der Waals surface area contributed by atoms with Gasteiger partial charge in [-0.1, -0.05) is 39.5 Å². The van der Waals surface area contributed by atoms with E-state index in [9.17, 15) is 0 Å². The summed E-state index contributed by atoms with van der Waals surface area (Å²) in [5.41, 5.74) is 9.08. The normalized spacial score (nSPS) is 11.2. The van der Waals surface area contributed by atoms with Gasteiger partial charge in [0.1, 0.15) is 0 Å². The molecule has 0 heterocycles. The molecule has 16 heavy (non-hydrogen) atoms. The zero-order valence-electron chi connectivity index (χ0n) is 10.5. The second-order valence-electron chi connectivity index (χ2n) is 5.37. The average Bonchev–Trinajstić information content (AvgIpc) is 2.16. The van der Waals surface area contributed by atoms with Crippen molar-refractivity contribution in [1.29, 1.82) is 0 Å². The van der Waals surface area contributed by atoms with Crippen molar-refractivity contribution in [2.45, 2.75) is 33.7 Å². The Hall–Kier alpha value is -1.28. The van der Waals surface area contributed by atoms with Crippen molar-refractivity contribution in [2.24, 2.45) is 11.1 Å². The van der Waals surface area contributed by atoms with Crippen LogP contribution in [0.2, 0.25) is 0 Å². The molecule has 0 saturated carbocycles. The summed E-state index contributed by atoms with van der Waals surface area (Å²) in [6.45, 7) is 11.2. The van der Waals surface area contributed by atoms with Gasteiger partial charge in [0.05, 0.1) is 0 Å². The van der Waals surface area contributed by atoms with Gasteiger partial charge >= 0.3 is 0 Å². The fraction of sp³-hybridized carbons (Fsp3) is 0.429. The smallest absolute Gasteiger partial charge is 0.0381 e. The van der Waals surface area contributed by atoms with Gasteiger partial charge in [-0.25, -0.2) is 0 Å². The van der Waals surface area contributed by atoms with E-state index in [4.69, 9.17) is 5.73 Å². The van der Waals surface area contributed by atoms with Gasteiger partial charge in [-0.3, -0.25) is 0 Å². The summed E-state index contributed by atoms with van der Waals surface area (Å²) < 4.78 is 0. The van der Waals surface area contributed by atoms with Crippen molar-refractivity contribution in [3.63, 3.8) is 0 Å². The van der Waals surface area contributed by atoms with Crippen LogP contribution in [-0.4, -0.2) is 0 Å². The lowest BCUT2D eigenvalue weighted by Gasteiger charge is -2.20. The fourth-order valence-corrected chi connectivity index (χ4v) is 1.61. The highest BCUT2D eigenvalue weighted by Gasteiger charge is 2.11. The summed E-state index contributed by atoms with van der Waals surface area (Å²) >= 11 is 0. The van der Waals surface area contributed by atoms with E-state index < -0.39 is 0 Å². The van der Waals surface area contributed by atoms with E-state index in [0.717, 1.165) is 23.4 Å². The molecular weight excluding hydrogens is 196 g/mol. The molecule has 2 heteroatoms. The summed E-state index contributed by atoms with van der Waals surface area (Å²) in [6, 6.07) is 8.14. The molecule has 0 fully saturated rings. The lowest BCUT2D eigenvalue weighted by molar-refractivity contribution is 0.411. The van der Waals surface area contributed by atoms with Crippen LogP contribution < -0.4 is 11.1 Å². The Labute approximate surface area is 98.6 Å². The first-order valence-corrected chi connectivity index (χ1v) is 5.64. The van der Waals surface area contributed by atoms with Gasteiger partial charge in [0.15, 0.2) is 0 Å². The monoisotopic (exact) mass is 218 g/mol. The number of benzene rings is 1. The summed E-state index contributed by atoms with van der Waals surface area (Å²) in [7, 11) is 0. The van der Waals surface area contributed by atoms with Crippen LogP contribution in [0.3, 0.4) is 0 Å². The van der Waals surface area contributed by atoms with Gasteiger partial charge in [0.25, 0.3) is 0 Å². The highest BCUT2D eigenvalue weighted by molar-refractivity contribution is 5.48. The molecule has 2 nitrogen and oxygen atoms in total. The van der Waals surface area contributed by atoms with Gasteiger partial charge < -0.3 is 11.1 Å². The molecule has 0 amide bonds. The van der Waals surface area contributed by atoms with E-state index in [1.807, 2.05) is 24.3 Å². The SMILES string of the molecule is C=C(CC(C)(C)C)Nc1ccc(CN)cc1. The minimum Gasteiger partial charge on any atom is -0.359 e.